The molecule has 3 rings (SSSR count). The molecule has 0 aliphatic carbocycles. The Balaban J connectivity index is 2.25. The zero-order valence-corrected chi connectivity index (χ0v) is 13.9. The second kappa shape index (κ2) is 5.62. The molecule has 2 heterocycles. The van der Waals surface area contributed by atoms with Crippen molar-refractivity contribution in [3.8, 4) is 11.3 Å². The maximum atomic E-state index is 14.1. The second-order valence-corrected chi connectivity index (χ2v) is 6.04. The van der Waals surface area contributed by atoms with E-state index in [-0.39, 0.29) is 5.69 Å². The molecular formula is C15H12BrFN4O2. The first kappa shape index (κ1) is 15.4. The molecule has 2 aromatic heterocycles. The molecule has 0 spiro atoms. The van der Waals surface area contributed by atoms with E-state index in [1.807, 2.05) is 0 Å². The van der Waals surface area contributed by atoms with Gasteiger partial charge in [0.15, 0.2) is 11.3 Å². The second-order valence-electron chi connectivity index (χ2n) is 5.12. The minimum absolute atomic E-state index is 0.0936. The van der Waals surface area contributed by atoms with Crippen LogP contribution in [0.5, 0.6) is 0 Å². The molecule has 6 nitrogen and oxygen atoms in total. The normalized spacial score (nSPS) is 11.0. The van der Waals surface area contributed by atoms with Crippen LogP contribution in [0, 0.1) is 5.82 Å². The fourth-order valence-electron chi connectivity index (χ4n) is 2.22. The van der Waals surface area contributed by atoms with Gasteiger partial charge in [-0.2, -0.15) is 9.61 Å². The van der Waals surface area contributed by atoms with Crippen LogP contribution in [-0.2, 0) is 0 Å². The lowest BCUT2D eigenvalue weighted by Gasteiger charge is -2.14. The third-order valence-electron chi connectivity index (χ3n) is 3.29. The van der Waals surface area contributed by atoms with Crippen LogP contribution in [0.3, 0.4) is 0 Å². The highest BCUT2D eigenvalue weighted by atomic mass is 79.9. The summed E-state index contributed by atoms with van der Waals surface area (Å²) in [4.78, 5) is 17.0. The number of hydrogen-bond acceptors (Lipinski definition) is 4. The summed E-state index contributed by atoms with van der Waals surface area (Å²) in [5.41, 5.74) is 0.947. The van der Waals surface area contributed by atoms with Gasteiger partial charge in [-0.3, -0.25) is 0 Å². The van der Waals surface area contributed by atoms with Gasteiger partial charge in [-0.1, -0.05) is 15.9 Å². The molecule has 0 fully saturated rings. The van der Waals surface area contributed by atoms with Crippen LogP contribution in [0.4, 0.5) is 10.2 Å². The number of carboxylic acid groups (broad SMARTS) is 1. The van der Waals surface area contributed by atoms with Gasteiger partial charge in [0.25, 0.3) is 0 Å². The van der Waals surface area contributed by atoms with Gasteiger partial charge in [-0.25, -0.2) is 14.2 Å². The Morgan fingerprint density at radius 3 is 2.65 bits per heavy atom. The first-order valence-electron chi connectivity index (χ1n) is 6.63. The Morgan fingerprint density at radius 2 is 2.04 bits per heavy atom. The molecule has 3 aromatic rings. The van der Waals surface area contributed by atoms with Crippen molar-refractivity contribution in [1.82, 2.24) is 14.6 Å². The predicted octanol–water partition coefficient (Wildman–Crippen LogP) is 3.06. The molecule has 1 aromatic carbocycles. The summed E-state index contributed by atoms with van der Waals surface area (Å²) in [5, 5.41) is 13.5. The van der Waals surface area contributed by atoms with Crippen LogP contribution in [0.25, 0.3) is 16.9 Å². The van der Waals surface area contributed by atoms with E-state index in [0.29, 0.717) is 27.2 Å². The van der Waals surface area contributed by atoms with Gasteiger partial charge in [-0.05, 0) is 18.2 Å². The molecule has 0 saturated heterocycles. The van der Waals surface area contributed by atoms with Crippen molar-refractivity contribution in [1.29, 1.82) is 0 Å². The van der Waals surface area contributed by atoms with Crippen LogP contribution in [0.15, 0.2) is 34.8 Å². The van der Waals surface area contributed by atoms with E-state index in [2.05, 4.69) is 26.0 Å². The Morgan fingerprint density at radius 1 is 1.30 bits per heavy atom. The van der Waals surface area contributed by atoms with Gasteiger partial charge in [0, 0.05) is 36.3 Å². The average Bonchev–Trinajstić information content (AvgIpc) is 2.89. The quantitative estimate of drug-likeness (QED) is 0.758. The molecular weight excluding hydrogens is 367 g/mol. The Hall–Kier alpha value is -2.48. The largest absolute Gasteiger partial charge is 0.477 e. The zero-order chi connectivity index (χ0) is 16.7. The summed E-state index contributed by atoms with van der Waals surface area (Å²) in [6, 6.07) is 7.65. The Bertz CT molecular complexity index is 923. The van der Waals surface area contributed by atoms with E-state index in [0.717, 1.165) is 0 Å². The van der Waals surface area contributed by atoms with Crippen molar-refractivity contribution in [2.75, 3.05) is 19.0 Å². The van der Waals surface area contributed by atoms with Gasteiger partial charge in [0.1, 0.15) is 11.6 Å². The summed E-state index contributed by atoms with van der Waals surface area (Å²) >= 11 is 3.21. The number of halogens is 2. The molecule has 8 heteroatoms. The number of aromatic carboxylic acids is 1. The van der Waals surface area contributed by atoms with Crippen LogP contribution >= 0.6 is 15.9 Å². The predicted molar refractivity (Wildman–Crippen MR) is 87.4 cm³/mol. The number of fused-ring (bicyclic) bond motifs is 1. The highest BCUT2D eigenvalue weighted by Gasteiger charge is 2.16. The van der Waals surface area contributed by atoms with Crippen molar-refractivity contribution < 1.29 is 14.3 Å². The molecule has 0 atom stereocenters. The van der Waals surface area contributed by atoms with Crippen LogP contribution in [0.1, 0.15) is 10.5 Å². The minimum atomic E-state index is -1.13. The van der Waals surface area contributed by atoms with E-state index in [4.69, 9.17) is 0 Å². The maximum Gasteiger partial charge on any atom is 0.354 e. The number of rotatable bonds is 3. The molecule has 0 aliphatic heterocycles. The highest BCUT2D eigenvalue weighted by molar-refractivity contribution is 9.10. The molecule has 0 aliphatic rings. The van der Waals surface area contributed by atoms with Gasteiger partial charge < -0.3 is 10.0 Å². The van der Waals surface area contributed by atoms with Crippen molar-refractivity contribution in [3.63, 3.8) is 0 Å². The molecule has 0 saturated carbocycles. The van der Waals surface area contributed by atoms with Crippen LogP contribution in [0.2, 0.25) is 0 Å². The first-order chi connectivity index (χ1) is 10.9. The van der Waals surface area contributed by atoms with E-state index in [1.54, 1.807) is 37.2 Å². The average molecular weight is 379 g/mol. The number of aromatic nitrogens is 3. The van der Waals surface area contributed by atoms with E-state index < -0.39 is 11.8 Å². The summed E-state index contributed by atoms with van der Waals surface area (Å²) in [7, 11) is 3.53. The first-order valence-corrected chi connectivity index (χ1v) is 7.43. The topological polar surface area (TPSA) is 70.7 Å². The number of nitrogens with zero attached hydrogens (tertiary/aromatic N) is 4. The molecule has 23 heavy (non-hydrogen) atoms. The molecule has 0 unspecified atom stereocenters. The fourth-order valence-corrected chi connectivity index (χ4v) is 2.55. The highest BCUT2D eigenvalue weighted by Crippen LogP contribution is 2.27. The molecule has 0 radical (unpaired) electrons. The maximum absolute atomic E-state index is 14.1. The third kappa shape index (κ3) is 2.77. The minimum Gasteiger partial charge on any atom is -0.477 e. The zero-order valence-electron chi connectivity index (χ0n) is 12.3. The summed E-state index contributed by atoms with van der Waals surface area (Å²) in [5.74, 6) is -1.02. The van der Waals surface area contributed by atoms with Crippen molar-refractivity contribution in [3.05, 3.63) is 46.3 Å². The SMILES string of the molecule is CN(C)c1cc(C(=O)O)nc2cc(-c3ccc(Br)cc3F)nn12. The molecule has 0 amide bonds. The number of anilines is 1. The lowest BCUT2D eigenvalue weighted by atomic mass is 10.1. The smallest absolute Gasteiger partial charge is 0.354 e. The fraction of sp³-hybridized carbons (Fsp3) is 0.133. The van der Waals surface area contributed by atoms with Crippen LogP contribution < -0.4 is 4.90 Å². The third-order valence-corrected chi connectivity index (χ3v) is 3.79. The molecule has 118 valence electrons. The van der Waals surface area contributed by atoms with E-state index >= 15 is 0 Å². The lowest BCUT2D eigenvalue weighted by Crippen LogP contribution is -2.16. The van der Waals surface area contributed by atoms with Gasteiger partial charge >= 0.3 is 5.97 Å². The number of hydrogen-bond donors (Lipinski definition) is 1. The van der Waals surface area contributed by atoms with Crippen molar-refractivity contribution in [2.24, 2.45) is 0 Å². The number of carbonyl (C=O) groups is 1. The number of carboxylic acids is 1. The Kier molecular flexibility index (Phi) is 3.77. The summed E-state index contributed by atoms with van der Waals surface area (Å²) in [6.45, 7) is 0. The van der Waals surface area contributed by atoms with Crippen molar-refractivity contribution in [2.45, 2.75) is 0 Å². The monoisotopic (exact) mass is 378 g/mol. The van der Waals surface area contributed by atoms with Gasteiger partial charge in [0.2, 0.25) is 0 Å². The Labute approximate surface area is 139 Å². The number of benzene rings is 1. The van der Waals surface area contributed by atoms with Crippen molar-refractivity contribution >= 4 is 33.4 Å². The molecule has 0 bridgehead atoms. The van der Waals surface area contributed by atoms with Gasteiger partial charge in [-0.15, -0.1) is 0 Å². The van der Waals surface area contributed by atoms with Crippen LogP contribution in [-0.4, -0.2) is 39.8 Å². The lowest BCUT2D eigenvalue weighted by molar-refractivity contribution is 0.0690. The molecule has 1 N–H and O–H groups in total. The summed E-state index contributed by atoms with van der Waals surface area (Å²) in [6.07, 6.45) is 0. The standard InChI is InChI=1S/C15H12BrFN4O2/c1-20(2)14-7-12(15(22)23)18-13-6-11(19-21(13)14)9-4-3-8(16)5-10(9)17/h3-7H,1-2H3,(H,22,23). The van der Waals surface area contributed by atoms with E-state index in [9.17, 15) is 14.3 Å². The summed E-state index contributed by atoms with van der Waals surface area (Å²) < 4.78 is 16.2. The van der Waals surface area contributed by atoms with Gasteiger partial charge in [0.05, 0.1) is 5.69 Å². The van der Waals surface area contributed by atoms with E-state index in [1.165, 1.54) is 16.6 Å².